The van der Waals surface area contributed by atoms with Crippen LogP contribution in [0.4, 0.5) is 5.69 Å². The lowest BCUT2D eigenvalue weighted by Gasteiger charge is -2.05. The minimum Gasteiger partial charge on any atom is -0.322 e. The van der Waals surface area contributed by atoms with Crippen LogP contribution in [0, 0.1) is 6.92 Å². The van der Waals surface area contributed by atoms with Crippen LogP contribution in [0.5, 0.6) is 0 Å². The fourth-order valence-electron chi connectivity index (χ4n) is 2.25. The standard InChI is InChI=1S/C14H16N6O/c1-3-19-10(2)12(8-15-19)16-14(21)9-20-13-7-5-4-6-11(13)17-18-20/h4-8H,3,9H2,1-2H3,(H,16,21). The maximum absolute atomic E-state index is 12.1. The van der Waals surface area contributed by atoms with Crippen LogP contribution >= 0.6 is 0 Å². The first-order valence-electron chi connectivity index (χ1n) is 6.79. The molecule has 0 bridgehead atoms. The van der Waals surface area contributed by atoms with Crippen molar-refractivity contribution in [3.05, 3.63) is 36.2 Å². The number of nitrogens with one attached hydrogen (secondary N) is 1. The van der Waals surface area contributed by atoms with Crippen molar-refractivity contribution in [3.63, 3.8) is 0 Å². The summed E-state index contributed by atoms with van der Waals surface area (Å²) in [7, 11) is 0. The van der Waals surface area contributed by atoms with Crippen LogP contribution in [0.25, 0.3) is 11.0 Å². The van der Waals surface area contributed by atoms with E-state index in [1.807, 2.05) is 42.8 Å². The second-order valence-electron chi connectivity index (χ2n) is 4.74. The highest BCUT2D eigenvalue weighted by Gasteiger charge is 2.11. The van der Waals surface area contributed by atoms with E-state index in [1.165, 1.54) is 0 Å². The Kier molecular flexibility index (Phi) is 3.39. The van der Waals surface area contributed by atoms with Crippen molar-refractivity contribution in [1.29, 1.82) is 0 Å². The number of hydrogen-bond acceptors (Lipinski definition) is 4. The number of nitrogens with zero attached hydrogens (tertiary/aromatic N) is 5. The maximum Gasteiger partial charge on any atom is 0.246 e. The fraction of sp³-hybridized carbons (Fsp3) is 0.286. The molecular weight excluding hydrogens is 268 g/mol. The first-order chi connectivity index (χ1) is 10.2. The van der Waals surface area contributed by atoms with Crippen LogP contribution in [0.15, 0.2) is 30.5 Å². The number of amides is 1. The van der Waals surface area contributed by atoms with Gasteiger partial charge in [0.05, 0.1) is 23.1 Å². The third-order valence-electron chi connectivity index (χ3n) is 3.39. The first-order valence-corrected chi connectivity index (χ1v) is 6.79. The minimum atomic E-state index is -0.149. The van der Waals surface area contributed by atoms with Crippen LogP contribution in [-0.4, -0.2) is 30.7 Å². The van der Waals surface area contributed by atoms with E-state index in [-0.39, 0.29) is 12.5 Å². The summed E-state index contributed by atoms with van der Waals surface area (Å²) in [5, 5.41) is 15.1. The Morgan fingerprint density at radius 1 is 1.29 bits per heavy atom. The van der Waals surface area contributed by atoms with Gasteiger partial charge in [-0.1, -0.05) is 17.3 Å². The van der Waals surface area contributed by atoms with Crippen molar-refractivity contribution < 1.29 is 4.79 Å². The van der Waals surface area contributed by atoms with Gasteiger partial charge in [-0.15, -0.1) is 5.10 Å². The molecule has 7 nitrogen and oxygen atoms in total. The van der Waals surface area contributed by atoms with E-state index in [4.69, 9.17) is 0 Å². The lowest BCUT2D eigenvalue weighted by atomic mass is 10.3. The summed E-state index contributed by atoms with van der Waals surface area (Å²) in [5.41, 5.74) is 3.29. The molecule has 0 saturated carbocycles. The van der Waals surface area contributed by atoms with Gasteiger partial charge in [-0.3, -0.25) is 9.48 Å². The molecule has 0 radical (unpaired) electrons. The Labute approximate surface area is 121 Å². The third kappa shape index (κ3) is 2.49. The van der Waals surface area contributed by atoms with E-state index in [2.05, 4.69) is 20.7 Å². The van der Waals surface area contributed by atoms with Gasteiger partial charge in [0.1, 0.15) is 12.1 Å². The van der Waals surface area contributed by atoms with Crippen LogP contribution in [0.3, 0.4) is 0 Å². The van der Waals surface area contributed by atoms with Gasteiger partial charge in [-0.05, 0) is 26.0 Å². The van der Waals surface area contributed by atoms with E-state index < -0.39 is 0 Å². The van der Waals surface area contributed by atoms with Crippen molar-refractivity contribution in [2.45, 2.75) is 26.9 Å². The lowest BCUT2D eigenvalue weighted by Crippen LogP contribution is -2.19. The molecule has 21 heavy (non-hydrogen) atoms. The van der Waals surface area contributed by atoms with Gasteiger partial charge in [-0.25, -0.2) is 4.68 Å². The molecule has 0 aliphatic heterocycles. The van der Waals surface area contributed by atoms with Crippen molar-refractivity contribution in [2.75, 3.05) is 5.32 Å². The van der Waals surface area contributed by atoms with Crippen LogP contribution in [-0.2, 0) is 17.9 Å². The molecule has 3 aromatic rings. The van der Waals surface area contributed by atoms with Gasteiger partial charge in [-0.2, -0.15) is 5.10 Å². The Bertz CT molecular complexity index is 788. The average molecular weight is 284 g/mol. The summed E-state index contributed by atoms with van der Waals surface area (Å²) in [6, 6.07) is 7.55. The van der Waals surface area contributed by atoms with Gasteiger partial charge in [0.25, 0.3) is 0 Å². The highest BCUT2D eigenvalue weighted by Crippen LogP contribution is 2.14. The lowest BCUT2D eigenvalue weighted by molar-refractivity contribution is -0.116. The summed E-state index contributed by atoms with van der Waals surface area (Å²) in [4.78, 5) is 12.1. The fourth-order valence-corrected chi connectivity index (χ4v) is 2.25. The van der Waals surface area contributed by atoms with Crippen LogP contribution < -0.4 is 5.32 Å². The molecule has 108 valence electrons. The van der Waals surface area contributed by atoms with Crippen molar-refractivity contribution in [3.8, 4) is 0 Å². The number of benzene rings is 1. The van der Waals surface area contributed by atoms with Gasteiger partial charge in [0, 0.05) is 6.54 Å². The predicted octanol–water partition coefficient (Wildman–Crippen LogP) is 1.59. The highest BCUT2D eigenvalue weighted by atomic mass is 16.2. The second kappa shape index (κ2) is 5.35. The molecule has 0 saturated heterocycles. The summed E-state index contributed by atoms with van der Waals surface area (Å²) in [5.74, 6) is -0.149. The molecule has 1 amide bonds. The Hall–Kier alpha value is -2.70. The molecule has 0 aliphatic rings. The molecule has 3 rings (SSSR count). The number of carbonyl (C=O) groups is 1. The SMILES string of the molecule is CCn1ncc(NC(=O)Cn2nnc3ccccc32)c1C. The summed E-state index contributed by atoms with van der Waals surface area (Å²) in [6.45, 7) is 4.83. The van der Waals surface area contributed by atoms with Crippen molar-refractivity contribution in [1.82, 2.24) is 24.8 Å². The monoisotopic (exact) mass is 284 g/mol. The zero-order valence-electron chi connectivity index (χ0n) is 11.9. The zero-order valence-corrected chi connectivity index (χ0v) is 11.9. The minimum absolute atomic E-state index is 0.122. The van der Waals surface area contributed by atoms with Gasteiger partial charge < -0.3 is 5.32 Å². The van der Waals surface area contributed by atoms with Gasteiger partial charge in [0.15, 0.2) is 0 Å². The van der Waals surface area contributed by atoms with Crippen molar-refractivity contribution in [2.24, 2.45) is 0 Å². The number of rotatable bonds is 4. The zero-order chi connectivity index (χ0) is 14.8. The highest BCUT2D eigenvalue weighted by molar-refractivity contribution is 5.91. The number of aryl methyl sites for hydroxylation is 1. The number of anilines is 1. The number of aromatic nitrogens is 5. The molecule has 0 atom stereocenters. The van der Waals surface area contributed by atoms with Crippen LogP contribution in [0.1, 0.15) is 12.6 Å². The molecular formula is C14H16N6O. The normalized spacial score (nSPS) is 11.0. The third-order valence-corrected chi connectivity index (χ3v) is 3.39. The van der Waals surface area contributed by atoms with E-state index in [1.54, 1.807) is 10.9 Å². The number of para-hydroxylation sites is 1. The molecule has 0 fully saturated rings. The largest absolute Gasteiger partial charge is 0.322 e. The first kappa shape index (κ1) is 13.3. The van der Waals surface area contributed by atoms with E-state index in [9.17, 15) is 4.79 Å². The van der Waals surface area contributed by atoms with Crippen LogP contribution in [0.2, 0.25) is 0 Å². The maximum atomic E-state index is 12.1. The molecule has 1 aromatic carbocycles. The molecule has 0 unspecified atom stereocenters. The summed E-state index contributed by atoms with van der Waals surface area (Å²) >= 11 is 0. The molecule has 2 aromatic heterocycles. The molecule has 1 N–H and O–H groups in total. The predicted molar refractivity (Wildman–Crippen MR) is 78.8 cm³/mol. The smallest absolute Gasteiger partial charge is 0.246 e. The number of fused-ring (bicyclic) bond motifs is 1. The topological polar surface area (TPSA) is 77.6 Å². The second-order valence-corrected chi connectivity index (χ2v) is 4.74. The molecule has 0 spiro atoms. The molecule has 2 heterocycles. The molecule has 0 aliphatic carbocycles. The number of carbonyl (C=O) groups excluding carboxylic acids is 1. The molecule has 7 heteroatoms. The van der Waals surface area contributed by atoms with E-state index in [0.29, 0.717) is 0 Å². The van der Waals surface area contributed by atoms with E-state index in [0.717, 1.165) is 29.0 Å². The van der Waals surface area contributed by atoms with E-state index >= 15 is 0 Å². The quantitative estimate of drug-likeness (QED) is 0.789. The summed E-state index contributed by atoms with van der Waals surface area (Å²) in [6.07, 6.45) is 1.66. The van der Waals surface area contributed by atoms with Gasteiger partial charge >= 0.3 is 0 Å². The Morgan fingerprint density at radius 2 is 2.10 bits per heavy atom. The summed E-state index contributed by atoms with van der Waals surface area (Å²) < 4.78 is 3.42. The average Bonchev–Trinajstić information content (AvgIpc) is 3.04. The number of hydrogen-bond donors (Lipinski definition) is 1. The Balaban J connectivity index is 1.76. The Morgan fingerprint density at radius 3 is 2.86 bits per heavy atom. The van der Waals surface area contributed by atoms with Crippen molar-refractivity contribution >= 4 is 22.6 Å². The van der Waals surface area contributed by atoms with Gasteiger partial charge in [0.2, 0.25) is 5.91 Å².